The Labute approximate surface area is 96.1 Å². The third-order valence-corrected chi connectivity index (χ3v) is 2.80. The zero-order valence-corrected chi connectivity index (χ0v) is 10.0. The molecule has 0 spiro atoms. The van der Waals surface area contributed by atoms with Crippen LogP contribution >= 0.6 is 0 Å². The zero-order valence-electron chi connectivity index (χ0n) is 10.0. The molecule has 16 heavy (non-hydrogen) atoms. The number of hydrogen-bond acceptors (Lipinski definition) is 2. The number of ether oxygens (including phenoxy) is 1. The highest BCUT2D eigenvalue weighted by molar-refractivity contribution is 5.30. The van der Waals surface area contributed by atoms with Crippen molar-refractivity contribution in [1.29, 1.82) is 0 Å². The number of aliphatic hydroxyl groups is 1. The summed E-state index contributed by atoms with van der Waals surface area (Å²) in [6, 6.07) is 4.60. The maximum Gasteiger partial charge on any atom is 0.165 e. The number of methoxy groups -OCH3 is 1. The fourth-order valence-corrected chi connectivity index (χ4v) is 1.81. The van der Waals surface area contributed by atoms with Crippen molar-refractivity contribution < 1.29 is 14.2 Å². The normalized spacial score (nSPS) is 14.6. The van der Waals surface area contributed by atoms with Crippen LogP contribution < -0.4 is 4.74 Å². The highest BCUT2D eigenvalue weighted by Crippen LogP contribution is 2.28. The van der Waals surface area contributed by atoms with Crippen LogP contribution in [0.4, 0.5) is 4.39 Å². The molecule has 90 valence electrons. The van der Waals surface area contributed by atoms with E-state index in [9.17, 15) is 9.50 Å². The van der Waals surface area contributed by atoms with Crippen LogP contribution in [0.1, 0.15) is 38.4 Å². The second kappa shape index (κ2) is 5.85. The average Bonchev–Trinajstić information content (AvgIpc) is 2.28. The lowest BCUT2D eigenvalue weighted by Crippen LogP contribution is -2.09. The number of halogens is 1. The van der Waals surface area contributed by atoms with Crippen molar-refractivity contribution in [3.8, 4) is 5.75 Å². The molecule has 0 aliphatic rings. The molecule has 0 saturated carbocycles. The van der Waals surface area contributed by atoms with Crippen molar-refractivity contribution >= 4 is 0 Å². The smallest absolute Gasteiger partial charge is 0.165 e. The van der Waals surface area contributed by atoms with Gasteiger partial charge >= 0.3 is 0 Å². The first-order valence-electron chi connectivity index (χ1n) is 5.61. The van der Waals surface area contributed by atoms with E-state index in [1.54, 1.807) is 12.1 Å². The lowest BCUT2D eigenvalue weighted by atomic mass is 9.93. The maximum absolute atomic E-state index is 13.4. The van der Waals surface area contributed by atoms with Crippen LogP contribution in [0.25, 0.3) is 0 Å². The highest BCUT2D eigenvalue weighted by atomic mass is 19.1. The van der Waals surface area contributed by atoms with Crippen LogP contribution in [-0.2, 0) is 0 Å². The van der Waals surface area contributed by atoms with Gasteiger partial charge in [-0.15, -0.1) is 0 Å². The summed E-state index contributed by atoms with van der Waals surface area (Å²) in [6.45, 7) is 4.04. The van der Waals surface area contributed by atoms with Crippen LogP contribution in [0.15, 0.2) is 18.2 Å². The summed E-state index contributed by atoms with van der Waals surface area (Å²) in [6.07, 6.45) is 1.33. The van der Waals surface area contributed by atoms with Crippen molar-refractivity contribution in [2.75, 3.05) is 7.11 Å². The summed E-state index contributed by atoms with van der Waals surface area (Å²) in [5.74, 6) is -0.0837. The van der Waals surface area contributed by atoms with Crippen LogP contribution in [0.5, 0.6) is 5.75 Å². The molecule has 0 saturated heterocycles. The van der Waals surface area contributed by atoms with Gasteiger partial charge < -0.3 is 9.84 Å². The minimum absolute atomic E-state index is 0.137. The van der Waals surface area contributed by atoms with Gasteiger partial charge in [-0.25, -0.2) is 4.39 Å². The van der Waals surface area contributed by atoms with Crippen LogP contribution in [0.2, 0.25) is 0 Å². The van der Waals surface area contributed by atoms with Gasteiger partial charge in [-0.1, -0.05) is 26.3 Å². The van der Waals surface area contributed by atoms with E-state index in [0.717, 1.165) is 12.8 Å². The molecule has 1 aromatic rings. The summed E-state index contributed by atoms with van der Waals surface area (Å²) < 4.78 is 18.3. The minimum atomic E-state index is -0.611. The van der Waals surface area contributed by atoms with Gasteiger partial charge in [0.15, 0.2) is 11.6 Å². The molecule has 0 fully saturated rings. The Morgan fingerprint density at radius 1 is 1.44 bits per heavy atom. The molecule has 0 aromatic heterocycles. The number of hydrogen-bond donors (Lipinski definition) is 1. The van der Waals surface area contributed by atoms with E-state index in [4.69, 9.17) is 4.74 Å². The van der Waals surface area contributed by atoms with E-state index in [1.807, 2.05) is 6.92 Å². The first-order chi connectivity index (χ1) is 7.60. The standard InChI is InChI=1S/C13H19FO2/c1-4-5-9(2)13(15)10-6-7-12(16-3)11(14)8-10/h6-9,13,15H,4-5H2,1-3H3. The monoisotopic (exact) mass is 226 g/mol. The fourth-order valence-electron chi connectivity index (χ4n) is 1.81. The Morgan fingerprint density at radius 2 is 2.12 bits per heavy atom. The van der Waals surface area contributed by atoms with Crippen molar-refractivity contribution in [2.45, 2.75) is 32.8 Å². The Kier molecular flexibility index (Phi) is 4.74. The lowest BCUT2D eigenvalue weighted by Gasteiger charge is -2.18. The maximum atomic E-state index is 13.4. The lowest BCUT2D eigenvalue weighted by molar-refractivity contribution is 0.112. The summed E-state index contributed by atoms with van der Waals surface area (Å²) in [5, 5.41) is 10.0. The summed E-state index contributed by atoms with van der Waals surface area (Å²) in [5.41, 5.74) is 0.610. The van der Waals surface area contributed by atoms with Gasteiger partial charge in [-0.2, -0.15) is 0 Å². The quantitative estimate of drug-likeness (QED) is 0.834. The molecule has 0 amide bonds. The molecule has 1 aromatic carbocycles. The molecule has 0 aliphatic carbocycles. The molecule has 2 unspecified atom stereocenters. The predicted octanol–water partition coefficient (Wildman–Crippen LogP) is 3.30. The SMILES string of the molecule is CCCC(C)C(O)c1ccc(OC)c(F)c1. The second-order valence-corrected chi connectivity index (χ2v) is 4.10. The molecule has 0 bridgehead atoms. The van der Waals surface area contributed by atoms with Gasteiger partial charge in [-0.3, -0.25) is 0 Å². The third kappa shape index (κ3) is 2.95. The second-order valence-electron chi connectivity index (χ2n) is 4.10. The van der Waals surface area contributed by atoms with Crippen molar-refractivity contribution in [3.05, 3.63) is 29.6 Å². The molecule has 3 heteroatoms. The van der Waals surface area contributed by atoms with Gasteiger partial charge in [0.1, 0.15) is 0 Å². The average molecular weight is 226 g/mol. The first kappa shape index (κ1) is 13.0. The van der Waals surface area contributed by atoms with Crippen molar-refractivity contribution in [2.24, 2.45) is 5.92 Å². The van der Waals surface area contributed by atoms with Crippen LogP contribution in [0, 0.1) is 11.7 Å². The number of aliphatic hydroxyl groups excluding tert-OH is 1. The fraction of sp³-hybridized carbons (Fsp3) is 0.538. The molecule has 0 heterocycles. The van der Waals surface area contributed by atoms with Crippen LogP contribution in [0.3, 0.4) is 0 Å². The highest BCUT2D eigenvalue weighted by Gasteiger charge is 2.17. The van der Waals surface area contributed by atoms with E-state index in [1.165, 1.54) is 13.2 Å². The van der Waals surface area contributed by atoms with Crippen LogP contribution in [-0.4, -0.2) is 12.2 Å². The summed E-state index contributed by atoms with van der Waals surface area (Å²) >= 11 is 0. The molecular formula is C13H19FO2. The van der Waals surface area contributed by atoms with Gasteiger partial charge in [-0.05, 0) is 30.0 Å². The van der Waals surface area contributed by atoms with Crippen molar-refractivity contribution in [3.63, 3.8) is 0 Å². The molecule has 2 nitrogen and oxygen atoms in total. The molecule has 2 atom stereocenters. The largest absolute Gasteiger partial charge is 0.494 e. The van der Waals surface area contributed by atoms with E-state index >= 15 is 0 Å². The molecule has 0 radical (unpaired) electrons. The zero-order chi connectivity index (χ0) is 12.1. The van der Waals surface area contributed by atoms with Gasteiger partial charge in [0.2, 0.25) is 0 Å². The topological polar surface area (TPSA) is 29.5 Å². The molecule has 1 rings (SSSR count). The molecule has 1 N–H and O–H groups in total. The Balaban J connectivity index is 2.84. The number of benzene rings is 1. The van der Waals surface area contributed by atoms with E-state index in [-0.39, 0.29) is 11.7 Å². The van der Waals surface area contributed by atoms with Gasteiger partial charge in [0, 0.05) is 0 Å². The van der Waals surface area contributed by atoms with Gasteiger partial charge in [0.05, 0.1) is 13.2 Å². The number of rotatable bonds is 5. The van der Waals surface area contributed by atoms with E-state index in [0.29, 0.717) is 5.56 Å². The summed E-state index contributed by atoms with van der Waals surface area (Å²) in [4.78, 5) is 0. The minimum Gasteiger partial charge on any atom is -0.494 e. The van der Waals surface area contributed by atoms with Gasteiger partial charge in [0.25, 0.3) is 0 Å². The Bertz CT molecular complexity index is 339. The predicted molar refractivity (Wildman–Crippen MR) is 62.0 cm³/mol. The molecular weight excluding hydrogens is 207 g/mol. The molecule has 0 aliphatic heterocycles. The Hall–Kier alpha value is -1.09. The van der Waals surface area contributed by atoms with E-state index < -0.39 is 11.9 Å². The Morgan fingerprint density at radius 3 is 2.62 bits per heavy atom. The van der Waals surface area contributed by atoms with E-state index in [2.05, 4.69) is 6.92 Å². The van der Waals surface area contributed by atoms with Crippen molar-refractivity contribution in [1.82, 2.24) is 0 Å². The summed E-state index contributed by atoms with van der Waals surface area (Å²) in [7, 11) is 1.42. The first-order valence-corrected chi connectivity index (χ1v) is 5.61. The third-order valence-electron chi connectivity index (χ3n) is 2.80.